The summed E-state index contributed by atoms with van der Waals surface area (Å²) in [5, 5.41) is 13.3. The number of nitrogens with zero attached hydrogens (tertiary/aromatic N) is 4. The van der Waals surface area contributed by atoms with Gasteiger partial charge in [-0.05, 0) is 56.9 Å². The van der Waals surface area contributed by atoms with Crippen LogP contribution >= 0.6 is 11.8 Å². The summed E-state index contributed by atoms with van der Waals surface area (Å²) in [5.41, 5.74) is 6.08. The number of aromatic nitrogens is 4. The van der Waals surface area contributed by atoms with Crippen molar-refractivity contribution in [2.75, 3.05) is 7.11 Å². The summed E-state index contributed by atoms with van der Waals surface area (Å²) in [5.74, 6) is 0.805. The van der Waals surface area contributed by atoms with Crippen LogP contribution in [0.25, 0.3) is 16.8 Å². The molecule has 0 amide bonds. The number of benzene rings is 3. The molecule has 0 spiro atoms. The Morgan fingerprint density at radius 2 is 1.48 bits per heavy atom. The maximum absolute atomic E-state index is 5.24. The summed E-state index contributed by atoms with van der Waals surface area (Å²) in [6.45, 7) is 0. The first-order chi connectivity index (χ1) is 13.3. The summed E-state index contributed by atoms with van der Waals surface area (Å²) in [7, 11) is 1.66. The molecule has 6 heteroatoms. The van der Waals surface area contributed by atoms with Gasteiger partial charge in [0, 0.05) is 0 Å². The summed E-state index contributed by atoms with van der Waals surface area (Å²) in [4.78, 5) is 0. The van der Waals surface area contributed by atoms with Crippen LogP contribution in [0.15, 0.2) is 78.0 Å². The molecule has 0 saturated heterocycles. The molecule has 1 aliphatic carbocycles. The lowest BCUT2D eigenvalue weighted by Gasteiger charge is -2.13. The molecule has 27 heavy (non-hydrogen) atoms. The molecule has 0 saturated carbocycles. The van der Waals surface area contributed by atoms with Gasteiger partial charge in [0.05, 0.1) is 18.0 Å². The van der Waals surface area contributed by atoms with Gasteiger partial charge >= 0.3 is 0 Å². The average molecular weight is 372 g/mol. The van der Waals surface area contributed by atoms with E-state index in [1.165, 1.54) is 22.3 Å². The molecule has 132 valence electrons. The van der Waals surface area contributed by atoms with Gasteiger partial charge in [0.15, 0.2) is 0 Å². The van der Waals surface area contributed by atoms with Crippen LogP contribution in [0, 0.1) is 0 Å². The second-order valence-corrected chi connectivity index (χ2v) is 7.32. The molecule has 0 N–H and O–H groups in total. The number of fused-ring (bicyclic) bond motifs is 3. The Morgan fingerprint density at radius 3 is 2.11 bits per heavy atom. The first-order valence-electron chi connectivity index (χ1n) is 8.63. The molecule has 0 aliphatic heterocycles. The van der Waals surface area contributed by atoms with E-state index < -0.39 is 0 Å². The van der Waals surface area contributed by atoms with Gasteiger partial charge in [-0.2, -0.15) is 4.68 Å². The Morgan fingerprint density at radius 1 is 0.852 bits per heavy atom. The Kier molecular flexibility index (Phi) is 3.90. The Balaban J connectivity index is 1.54. The fourth-order valence-electron chi connectivity index (χ4n) is 3.48. The molecule has 1 heterocycles. The van der Waals surface area contributed by atoms with Crippen molar-refractivity contribution < 1.29 is 4.74 Å². The number of thioether (sulfide) groups is 1. The number of hydrogen-bond donors (Lipinski definition) is 0. The highest BCUT2D eigenvalue weighted by Crippen LogP contribution is 2.51. The topological polar surface area (TPSA) is 52.8 Å². The van der Waals surface area contributed by atoms with E-state index >= 15 is 0 Å². The first-order valence-corrected chi connectivity index (χ1v) is 9.51. The highest BCUT2D eigenvalue weighted by molar-refractivity contribution is 7.99. The van der Waals surface area contributed by atoms with Crippen LogP contribution in [0.3, 0.4) is 0 Å². The van der Waals surface area contributed by atoms with Crippen molar-refractivity contribution in [1.82, 2.24) is 20.2 Å². The highest BCUT2D eigenvalue weighted by atomic mass is 32.2. The van der Waals surface area contributed by atoms with E-state index in [1.54, 1.807) is 23.6 Å². The van der Waals surface area contributed by atoms with Gasteiger partial charge in [-0.25, -0.2) is 0 Å². The summed E-state index contributed by atoms with van der Waals surface area (Å²) in [6.07, 6.45) is 0. The van der Waals surface area contributed by atoms with Crippen LogP contribution < -0.4 is 4.74 Å². The Bertz CT molecular complexity index is 1060. The fraction of sp³-hybridized carbons (Fsp3) is 0.0952. The SMILES string of the molecule is COc1ccc(-n2nnnc2SC2c3ccccc3-c3ccccc32)cc1. The van der Waals surface area contributed by atoms with Crippen molar-refractivity contribution in [1.29, 1.82) is 0 Å². The third kappa shape index (κ3) is 2.69. The summed E-state index contributed by atoms with van der Waals surface area (Å²) < 4.78 is 7.01. The molecule has 0 bridgehead atoms. The van der Waals surface area contributed by atoms with Gasteiger partial charge in [-0.15, -0.1) is 5.10 Å². The maximum Gasteiger partial charge on any atom is 0.215 e. The second-order valence-electron chi connectivity index (χ2n) is 6.24. The predicted molar refractivity (Wildman–Crippen MR) is 105 cm³/mol. The lowest BCUT2D eigenvalue weighted by molar-refractivity contribution is 0.414. The summed E-state index contributed by atoms with van der Waals surface area (Å²) >= 11 is 1.67. The van der Waals surface area contributed by atoms with Crippen LogP contribution in [0.2, 0.25) is 0 Å². The maximum atomic E-state index is 5.24. The molecule has 3 aromatic carbocycles. The molecule has 0 unspecified atom stereocenters. The standard InChI is InChI=1S/C21H16N4OS/c1-26-15-12-10-14(11-13-15)25-21(22-23-24-25)27-20-18-8-4-2-6-16(18)17-7-3-5-9-19(17)20/h2-13,20H,1H3. The van der Waals surface area contributed by atoms with Gasteiger partial charge in [0.25, 0.3) is 0 Å². The van der Waals surface area contributed by atoms with Crippen molar-refractivity contribution in [3.8, 4) is 22.6 Å². The molecule has 1 aromatic heterocycles. The molecule has 0 radical (unpaired) electrons. The van der Waals surface area contributed by atoms with E-state index in [2.05, 4.69) is 64.1 Å². The van der Waals surface area contributed by atoms with E-state index in [0.29, 0.717) is 0 Å². The zero-order valence-corrected chi connectivity index (χ0v) is 15.4. The largest absolute Gasteiger partial charge is 0.497 e. The zero-order valence-electron chi connectivity index (χ0n) is 14.6. The van der Waals surface area contributed by atoms with Crippen molar-refractivity contribution >= 4 is 11.8 Å². The van der Waals surface area contributed by atoms with Gasteiger partial charge < -0.3 is 4.74 Å². The van der Waals surface area contributed by atoms with Gasteiger partial charge in [0.2, 0.25) is 5.16 Å². The van der Waals surface area contributed by atoms with Crippen LogP contribution in [0.5, 0.6) is 5.75 Å². The van der Waals surface area contributed by atoms with E-state index in [-0.39, 0.29) is 5.25 Å². The van der Waals surface area contributed by atoms with Crippen molar-refractivity contribution in [2.45, 2.75) is 10.4 Å². The minimum Gasteiger partial charge on any atom is -0.497 e. The number of ether oxygens (including phenoxy) is 1. The van der Waals surface area contributed by atoms with Crippen molar-refractivity contribution in [3.63, 3.8) is 0 Å². The first kappa shape index (κ1) is 16.1. The molecular formula is C21H16N4OS. The van der Waals surface area contributed by atoms with Crippen LogP contribution in [0.4, 0.5) is 0 Å². The molecule has 1 aliphatic rings. The molecule has 0 fully saturated rings. The van der Waals surface area contributed by atoms with Crippen molar-refractivity contribution in [3.05, 3.63) is 83.9 Å². The van der Waals surface area contributed by atoms with E-state index in [1.807, 2.05) is 24.3 Å². The van der Waals surface area contributed by atoms with Crippen molar-refractivity contribution in [2.24, 2.45) is 0 Å². The van der Waals surface area contributed by atoms with Gasteiger partial charge in [-0.1, -0.05) is 60.3 Å². The van der Waals surface area contributed by atoms with E-state index in [9.17, 15) is 0 Å². The Hall–Kier alpha value is -3.12. The molecule has 5 nitrogen and oxygen atoms in total. The van der Waals surface area contributed by atoms with Crippen LogP contribution in [-0.4, -0.2) is 27.3 Å². The lowest BCUT2D eigenvalue weighted by Crippen LogP contribution is -2.01. The molecule has 0 atom stereocenters. The average Bonchev–Trinajstić information content (AvgIpc) is 3.32. The normalized spacial score (nSPS) is 12.6. The third-order valence-corrected chi connectivity index (χ3v) is 5.97. The third-order valence-electron chi connectivity index (χ3n) is 4.76. The minimum atomic E-state index is 0.167. The molecule has 5 rings (SSSR count). The predicted octanol–water partition coefficient (Wildman–Crippen LogP) is 4.53. The Labute approximate surface area is 161 Å². The molecular weight excluding hydrogens is 356 g/mol. The number of rotatable bonds is 4. The monoisotopic (exact) mass is 372 g/mol. The van der Waals surface area contributed by atoms with Gasteiger partial charge in [0.1, 0.15) is 5.75 Å². The van der Waals surface area contributed by atoms with E-state index in [0.717, 1.165) is 16.6 Å². The highest BCUT2D eigenvalue weighted by Gasteiger charge is 2.30. The van der Waals surface area contributed by atoms with Crippen LogP contribution in [-0.2, 0) is 0 Å². The lowest BCUT2D eigenvalue weighted by atomic mass is 10.1. The van der Waals surface area contributed by atoms with E-state index in [4.69, 9.17) is 4.74 Å². The smallest absolute Gasteiger partial charge is 0.215 e. The number of tetrazole rings is 1. The molecule has 4 aromatic rings. The summed E-state index contributed by atoms with van der Waals surface area (Å²) in [6, 6.07) is 24.8. The zero-order chi connectivity index (χ0) is 18.2. The second kappa shape index (κ2) is 6.55. The fourth-order valence-corrected chi connectivity index (χ4v) is 4.68. The number of hydrogen-bond acceptors (Lipinski definition) is 5. The quantitative estimate of drug-likeness (QED) is 0.527. The number of methoxy groups -OCH3 is 1. The minimum absolute atomic E-state index is 0.167. The van der Waals surface area contributed by atoms with Gasteiger partial charge in [-0.3, -0.25) is 0 Å². The van der Waals surface area contributed by atoms with Crippen LogP contribution in [0.1, 0.15) is 16.4 Å².